The maximum atomic E-state index is 12.4. The summed E-state index contributed by atoms with van der Waals surface area (Å²) in [5.74, 6) is 1.58. The predicted molar refractivity (Wildman–Crippen MR) is 90.3 cm³/mol. The number of amides is 1. The average Bonchev–Trinajstić information content (AvgIpc) is 2.91. The van der Waals surface area contributed by atoms with Gasteiger partial charge in [-0.1, -0.05) is 30.3 Å². The van der Waals surface area contributed by atoms with Gasteiger partial charge in [-0.15, -0.1) is 0 Å². The number of nitrogens with zero attached hydrogens (tertiary/aromatic N) is 4. The molecule has 1 aliphatic rings. The molecule has 1 aromatic heterocycles. The molecule has 0 bridgehead atoms. The van der Waals surface area contributed by atoms with E-state index in [1.165, 1.54) is 5.56 Å². The molecule has 1 saturated heterocycles. The third-order valence-corrected chi connectivity index (χ3v) is 4.37. The monoisotopic (exact) mass is 328 g/mol. The van der Waals surface area contributed by atoms with Gasteiger partial charge in [-0.05, 0) is 32.3 Å². The van der Waals surface area contributed by atoms with Crippen LogP contribution in [0.3, 0.4) is 0 Å². The quantitative estimate of drug-likeness (QED) is 0.843. The van der Waals surface area contributed by atoms with Crippen LogP contribution in [0.25, 0.3) is 0 Å². The van der Waals surface area contributed by atoms with Crippen LogP contribution in [0.15, 0.2) is 30.3 Å². The minimum Gasteiger partial charge on any atom is -0.373 e. The molecule has 1 fully saturated rings. The molecule has 0 unspecified atom stereocenters. The first-order chi connectivity index (χ1) is 11.6. The van der Waals surface area contributed by atoms with Crippen molar-refractivity contribution in [3.8, 4) is 0 Å². The minimum absolute atomic E-state index is 0.101. The number of rotatable bonds is 5. The van der Waals surface area contributed by atoms with Crippen molar-refractivity contribution in [2.45, 2.75) is 45.9 Å². The standard InChI is InChI=1S/C18H24N4O2/c1-14-19-15(2)22(20-14)12-18(23)21-10-8-17(9-11-21)24-13-16-6-4-3-5-7-16/h3-7,17H,8-13H2,1-2H3. The van der Waals surface area contributed by atoms with Crippen molar-refractivity contribution in [3.05, 3.63) is 47.5 Å². The molecule has 128 valence electrons. The number of ether oxygens (including phenoxy) is 1. The van der Waals surface area contributed by atoms with Gasteiger partial charge in [0, 0.05) is 13.1 Å². The fourth-order valence-corrected chi connectivity index (χ4v) is 3.00. The zero-order chi connectivity index (χ0) is 16.9. The van der Waals surface area contributed by atoms with Crippen LogP contribution in [0.2, 0.25) is 0 Å². The fourth-order valence-electron chi connectivity index (χ4n) is 3.00. The van der Waals surface area contributed by atoms with E-state index >= 15 is 0 Å². The highest BCUT2D eigenvalue weighted by Crippen LogP contribution is 2.16. The lowest BCUT2D eigenvalue weighted by atomic mass is 10.1. The van der Waals surface area contributed by atoms with Gasteiger partial charge in [0.1, 0.15) is 18.2 Å². The molecule has 24 heavy (non-hydrogen) atoms. The van der Waals surface area contributed by atoms with E-state index in [2.05, 4.69) is 22.2 Å². The molecule has 0 spiro atoms. The highest BCUT2D eigenvalue weighted by Gasteiger charge is 2.24. The lowest BCUT2D eigenvalue weighted by molar-refractivity contribution is -0.134. The Balaban J connectivity index is 1.44. The molecular formula is C18H24N4O2. The SMILES string of the molecule is Cc1nc(C)n(CC(=O)N2CCC(OCc3ccccc3)CC2)n1. The Morgan fingerprint density at radius 2 is 1.92 bits per heavy atom. The second-order valence-corrected chi connectivity index (χ2v) is 6.24. The van der Waals surface area contributed by atoms with E-state index in [-0.39, 0.29) is 18.6 Å². The van der Waals surface area contributed by atoms with Gasteiger partial charge in [-0.2, -0.15) is 5.10 Å². The fraction of sp³-hybridized carbons (Fsp3) is 0.500. The summed E-state index contributed by atoms with van der Waals surface area (Å²) in [4.78, 5) is 18.5. The largest absolute Gasteiger partial charge is 0.373 e. The number of hydrogen-bond acceptors (Lipinski definition) is 4. The van der Waals surface area contributed by atoms with Crippen LogP contribution in [-0.4, -0.2) is 44.8 Å². The maximum Gasteiger partial charge on any atom is 0.244 e. The van der Waals surface area contributed by atoms with Crippen molar-refractivity contribution < 1.29 is 9.53 Å². The van der Waals surface area contributed by atoms with Gasteiger partial charge < -0.3 is 9.64 Å². The van der Waals surface area contributed by atoms with Crippen LogP contribution in [0.1, 0.15) is 30.1 Å². The topological polar surface area (TPSA) is 60.2 Å². The van der Waals surface area contributed by atoms with E-state index in [0.29, 0.717) is 12.4 Å². The van der Waals surface area contributed by atoms with Gasteiger partial charge in [0.05, 0.1) is 12.7 Å². The summed E-state index contributed by atoms with van der Waals surface area (Å²) in [6.07, 6.45) is 1.99. The smallest absolute Gasteiger partial charge is 0.244 e. The van der Waals surface area contributed by atoms with Crippen molar-refractivity contribution in [1.82, 2.24) is 19.7 Å². The van der Waals surface area contributed by atoms with Crippen LogP contribution >= 0.6 is 0 Å². The number of carbonyl (C=O) groups excluding carboxylic acids is 1. The molecule has 2 aromatic rings. The maximum absolute atomic E-state index is 12.4. The number of aromatic nitrogens is 3. The van der Waals surface area contributed by atoms with E-state index in [1.807, 2.05) is 36.9 Å². The first-order valence-corrected chi connectivity index (χ1v) is 8.43. The third kappa shape index (κ3) is 4.20. The third-order valence-electron chi connectivity index (χ3n) is 4.37. The Hall–Kier alpha value is -2.21. The van der Waals surface area contributed by atoms with Crippen LogP contribution in [0, 0.1) is 13.8 Å². The van der Waals surface area contributed by atoms with Crippen molar-refractivity contribution in [1.29, 1.82) is 0 Å². The summed E-state index contributed by atoms with van der Waals surface area (Å²) in [7, 11) is 0. The van der Waals surface area contributed by atoms with E-state index < -0.39 is 0 Å². The minimum atomic E-state index is 0.101. The predicted octanol–water partition coefficient (Wildman–Crippen LogP) is 2.10. The Bertz CT molecular complexity index is 676. The molecule has 1 aromatic carbocycles. The zero-order valence-corrected chi connectivity index (χ0v) is 14.3. The van der Waals surface area contributed by atoms with E-state index in [4.69, 9.17) is 4.74 Å². The number of piperidine rings is 1. The zero-order valence-electron chi connectivity index (χ0n) is 14.3. The molecule has 6 heteroatoms. The Morgan fingerprint density at radius 1 is 1.21 bits per heavy atom. The number of hydrogen-bond donors (Lipinski definition) is 0. The molecule has 0 saturated carbocycles. The molecule has 3 rings (SSSR count). The summed E-state index contributed by atoms with van der Waals surface area (Å²) in [6, 6.07) is 10.2. The molecule has 1 amide bonds. The van der Waals surface area contributed by atoms with Gasteiger partial charge in [0.2, 0.25) is 5.91 Å². The van der Waals surface area contributed by atoms with Crippen LogP contribution in [0.5, 0.6) is 0 Å². The summed E-state index contributed by atoms with van der Waals surface area (Å²) >= 11 is 0. The lowest BCUT2D eigenvalue weighted by Crippen LogP contribution is -2.42. The summed E-state index contributed by atoms with van der Waals surface area (Å²) in [6.45, 7) is 6.09. The summed E-state index contributed by atoms with van der Waals surface area (Å²) in [5.41, 5.74) is 1.19. The van der Waals surface area contributed by atoms with E-state index in [9.17, 15) is 4.79 Å². The second kappa shape index (κ2) is 7.57. The first-order valence-electron chi connectivity index (χ1n) is 8.43. The first kappa shape index (κ1) is 16.6. The normalized spacial score (nSPS) is 15.7. The van der Waals surface area contributed by atoms with Crippen molar-refractivity contribution in [2.75, 3.05) is 13.1 Å². The van der Waals surface area contributed by atoms with Gasteiger partial charge in [-0.3, -0.25) is 4.79 Å². The average molecular weight is 328 g/mol. The number of aryl methyl sites for hydroxylation is 2. The molecule has 0 radical (unpaired) electrons. The van der Waals surface area contributed by atoms with Crippen LogP contribution in [0.4, 0.5) is 0 Å². The summed E-state index contributed by atoms with van der Waals surface area (Å²) < 4.78 is 7.65. The van der Waals surface area contributed by atoms with E-state index in [0.717, 1.165) is 31.8 Å². The number of carbonyl (C=O) groups is 1. The molecule has 1 aliphatic heterocycles. The van der Waals surface area contributed by atoms with Crippen molar-refractivity contribution in [2.24, 2.45) is 0 Å². The van der Waals surface area contributed by atoms with Gasteiger partial charge in [-0.25, -0.2) is 9.67 Å². The highest BCUT2D eigenvalue weighted by molar-refractivity contribution is 5.76. The molecule has 0 atom stereocenters. The number of likely N-dealkylation sites (tertiary alicyclic amines) is 1. The van der Waals surface area contributed by atoms with Gasteiger partial charge >= 0.3 is 0 Å². The Labute approximate surface area is 142 Å². The Morgan fingerprint density at radius 3 is 2.54 bits per heavy atom. The Kier molecular flexibility index (Phi) is 5.25. The molecular weight excluding hydrogens is 304 g/mol. The molecule has 6 nitrogen and oxygen atoms in total. The lowest BCUT2D eigenvalue weighted by Gasteiger charge is -2.32. The molecule has 2 heterocycles. The second-order valence-electron chi connectivity index (χ2n) is 6.24. The number of benzene rings is 1. The highest BCUT2D eigenvalue weighted by atomic mass is 16.5. The van der Waals surface area contributed by atoms with E-state index in [1.54, 1.807) is 4.68 Å². The molecule has 0 N–H and O–H groups in total. The van der Waals surface area contributed by atoms with Crippen molar-refractivity contribution in [3.63, 3.8) is 0 Å². The van der Waals surface area contributed by atoms with Gasteiger partial charge in [0.15, 0.2) is 0 Å². The van der Waals surface area contributed by atoms with Gasteiger partial charge in [0.25, 0.3) is 0 Å². The van der Waals surface area contributed by atoms with Crippen LogP contribution < -0.4 is 0 Å². The van der Waals surface area contributed by atoms with Crippen molar-refractivity contribution >= 4 is 5.91 Å². The molecule has 0 aliphatic carbocycles. The summed E-state index contributed by atoms with van der Waals surface area (Å²) in [5, 5.41) is 4.26. The van der Waals surface area contributed by atoms with Crippen LogP contribution in [-0.2, 0) is 22.7 Å².